The zero-order valence-electron chi connectivity index (χ0n) is 16.3. The number of hydrogen-bond donors (Lipinski definition) is 1. The Kier molecular flexibility index (Phi) is 4.79. The molecule has 9 heteroatoms. The van der Waals surface area contributed by atoms with Gasteiger partial charge in [-0.3, -0.25) is 10.1 Å². The predicted molar refractivity (Wildman–Crippen MR) is 112 cm³/mol. The van der Waals surface area contributed by atoms with Crippen molar-refractivity contribution in [1.82, 2.24) is 9.29 Å². The summed E-state index contributed by atoms with van der Waals surface area (Å²) in [5.41, 5.74) is 3.89. The maximum Gasteiger partial charge on any atom is 0.270 e. The number of nitro groups is 1. The van der Waals surface area contributed by atoms with Crippen molar-refractivity contribution >= 4 is 32.3 Å². The SMILES string of the molecule is Cc1ccc(C)c(N2CCN(S(=O)(=O)c3c[nH]c4ccc([N+](=O)[O-])cc34)CC2)c1. The van der Waals surface area contributed by atoms with Gasteiger partial charge in [0.25, 0.3) is 5.69 Å². The Morgan fingerprint density at radius 3 is 2.45 bits per heavy atom. The smallest absolute Gasteiger partial charge is 0.270 e. The summed E-state index contributed by atoms with van der Waals surface area (Å²) in [4.78, 5) is 15.8. The second kappa shape index (κ2) is 7.16. The van der Waals surface area contributed by atoms with Gasteiger partial charge >= 0.3 is 0 Å². The van der Waals surface area contributed by atoms with E-state index in [1.807, 2.05) is 6.92 Å². The van der Waals surface area contributed by atoms with Crippen LogP contribution in [0.3, 0.4) is 0 Å². The summed E-state index contributed by atoms with van der Waals surface area (Å²) in [7, 11) is -3.76. The third-order valence-corrected chi connectivity index (χ3v) is 7.34. The van der Waals surface area contributed by atoms with E-state index in [4.69, 9.17) is 0 Å². The standard InChI is InChI=1S/C20H22N4O4S/c1-14-3-4-15(2)19(11-14)22-7-9-23(10-8-22)29(27,28)20-13-21-18-6-5-16(24(25)26)12-17(18)20/h3-6,11-13,21H,7-10H2,1-2H3. The lowest BCUT2D eigenvalue weighted by Crippen LogP contribution is -2.48. The van der Waals surface area contributed by atoms with Crippen LogP contribution in [0.25, 0.3) is 10.9 Å². The maximum atomic E-state index is 13.2. The fraction of sp³-hybridized carbons (Fsp3) is 0.300. The summed E-state index contributed by atoms with van der Waals surface area (Å²) in [6.07, 6.45) is 1.42. The summed E-state index contributed by atoms with van der Waals surface area (Å²) in [5.74, 6) is 0. The fourth-order valence-electron chi connectivity index (χ4n) is 3.78. The lowest BCUT2D eigenvalue weighted by Gasteiger charge is -2.36. The lowest BCUT2D eigenvalue weighted by atomic mass is 10.1. The molecule has 1 aliphatic rings. The molecule has 0 spiro atoms. The van der Waals surface area contributed by atoms with Gasteiger partial charge in [0.2, 0.25) is 10.0 Å². The van der Waals surface area contributed by atoms with Gasteiger partial charge in [-0.15, -0.1) is 0 Å². The van der Waals surface area contributed by atoms with Gasteiger partial charge in [0.15, 0.2) is 0 Å². The summed E-state index contributed by atoms with van der Waals surface area (Å²) in [5, 5.41) is 11.4. The van der Waals surface area contributed by atoms with Crippen molar-refractivity contribution in [3.63, 3.8) is 0 Å². The van der Waals surface area contributed by atoms with Gasteiger partial charge in [0.05, 0.1) is 4.92 Å². The van der Waals surface area contributed by atoms with Gasteiger partial charge in [-0.25, -0.2) is 8.42 Å². The highest BCUT2D eigenvalue weighted by Gasteiger charge is 2.31. The van der Waals surface area contributed by atoms with Crippen LogP contribution in [0.4, 0.5) is 11.4 Å². The molecule has 0 saturated carbocycles. The molecular weight excluding hydrogens is 392 g/mol. The minimum absolute atomic E-state index is 0.0800. The number of aryl methyl sites for hydroxylation is 2. The second-order valence-corrected chi connectivity index (χ2v) is 9.23. The van der Waals surface area contributed by atoms with Crippen LogP contribution in [0.1, 0.15) is 11.1 Å². The number of piperazine rings is 1. The average molecular weight is 414 g/mol. The van der Waals surface area contributed by atoms with Crippen molar-refractivity contribution in [1.29, 1.82) is 0 Å². The molecule has 29 heavy (non-hydrogen) atoms. The summed E-state index contributed by atoms with van der Waals surface area (Å²) < 4.78 is 27.9. The number of benzene rings is 2. The Labute approximate surface area is 168 Å². The minimum atomic E-state index is -3.76. The van der Waals surface area contributed by atoms with Gasteiger partial charge in [0, 0.05) is 61.1 Å². The molecule has 0 bridgehead atoms. The molecule has 2 aromatic carbocycles. The molecule has 8 nitrogen and oxygen atoms in total. The van der Waals surface area contributed by atoms with Gasteiger partial charge in [0.1, 0.15) is 4.90 Å². The number of non-ortho nitro benzene ring substituents is 1. The molecule has 0 unspecified atom stereocenters. The predicted octanol–water partition coefficient (Wildman–Crippen LogP) is 3.20. The highest BCUT2D eigenvalue weighted by Crippen LogP contribution is 2.30. The third kappa shape index (κ3) is 3.47. The van der Waals surface area contributed by atoms with Crippen molar-refractivity contribution < 1.29 is 13.3 Å². The first-order chi connectivity index (χ1) is 13.8. The lowest BCUT2D eigenvalue weighted by molar-refractivity contribution is -0.384. The number of aromatic amines is 1. The number of rotatable bonds is 4. The minimum Gasteiger partial charge on any atom is -0.369 e. The Bertz CT molecular complexity index is 1190. The van der Waals surface area contributed by atoms with Crippen LogP contribution in [0, 0.1) is 24.0 Å². The second-order valence-electron chi connectivity index (χ2n) is 7.32. The van der Waals surface area contributed by atoms with Crippen LogP contribution in [-0.4, -0.2) is 48.8 Å². The molecular formula is C20H22N4O4S. The first-order valence-electron chi connectivity index (χ1n) is 9.35. The molecule has 2 heterocycles. The molecule has 1 N–H and O–H groups in total. The molecule has 1 saturated heterocycles. The molecule has 4 rings (SSSR count). The van der Waals surface area contributed by atoms with Crippen LogP contribution in [0.5, 0.6) is 0 Å². The Morgan fingerprint density at radius 1 is 1.03 bits per heavy atom. The highest BCUT2D eigenvalue weighted by atomic mass is 32.2. The van der Waals surface area contributed by atoms with Crippen molar-refractivity contribution in [3.8, 4) is 0 Å². The zero-order valence-corrected chi connectivity index (χ0v) is 17.1. The molecule has 0 aliphatic carbocycles. The number of H-pyrrole nitrogens is 1. The van der Waals surface area contributed by atoms with Crippen LogP contribution in [0.15, 0.2) is 47.5 Å². The normalized spacial score (nSPS) is 15.7. The van der Waals surface area contributed by atoms with Crippen molar-refractivity contribution in [2.45, 2.75) is 18.7 Å². The molecule has 3 aromatic rings. The Balaban J connectivity index is 1.60. The van der Waals surface area contributed by atoms with E-state index in [-0.39, 0.29) is 10.6 Å². The summed E-state index contributed by atoms with van der Waals surface area (Å²) >= 11 is 0. The third-order valence-electron chi connectivity index (χ3n) is 5.40. The molecule has 0 atom stereocenters. The number of anilines is 1. The number of aromatic nitrogens is 1. The number of sulfonamides is 1. The monoisotopic (exact) mass is 414 g/mol. The van der Waals surface area contributed by atoms with Crippen molar-refractivity contribution in [2.75, 3.05) is 31.1 Å². The van der Waals surface area contributed by atoms with Crippen LogP contribution in [-0.2, 0) is 10.0 Å². The molecule has 1 aromatic heterocycles. The highest BCUT2D eigenvalue weighted by molar-refractivity contribution is 7.89. The number of fused-ring (bicyclic) bond motifs is 1. The molecule has 152 valence electrons. The van der Waals surface area contributed by atoms with Gasteiger partial charge in [-0.05, 0) is 37.1 Å². The first-order valence-corrected chi connectivity index (χ1v) is 10.8. The van der Waals surface area contributed by atoms with E-state index in [0.29, 0.717) is 37.1 Å². The van der Waals surface area contributed by atoms with E-state index in [9.17, 15) is 18.5 Å². The molecule has 1 fully saturated rings. The topological polar surface area (TPSA) is 99.6 Å². The van der Waals surface area contributed by atoms with Gasteiger partial charge in [-0.2, -0.15) is 4.31 Å². The molecule has 1 aliphatic heterocycles. The van der Waals surface area contributed by atoms with E-state index >= 15 is 0 Å². The van der Waals surface area contributed by atoms with Gasteiger partial charge in [-0.1, -0.05) is 12.1 Å². The summed E-state index contributed by atoms with van der Waals surface area (Å²) in [6.45, 7) is 5.99. The Hall–Kier alpha value is -2.91. The van der Waals surface area contributed by atoms with Gasteiger partial charge < -0.3 is 9.88 Å². The van der Waals surface area contributed by atoms with E-state index in [1.165, 1.54) is 34.3 Å². The Morgan fingerprint density at radius 2 is 1.76 bits per heavy atom. The quantitative estimate of drug-likeness (QED) is 0.522. The number of nitro benzene ring substituents is 1. The fourth-order valence-corrected chi connectivity index (χ4v) is 5.36. The average Bonchev–Trinajstić information content (AvgIpc) is 3.14. The number of nitrogens with one attached hydrogen (secondary N) is 1. The van der Waals surface area contributed by atoms with Crippen LogP contribution >= 0.6 is 0 Å². The van der Waals surface area contributed by atoms with Crippen LogP contribution in [0.2, 0.25) is 0 Å². The maximum absolute atomic E-state index is 13.2. The van der Waals surface area contributed by atoms with Crippen LogP contribution < -0.4 is 4.90 Å². The van der Waals surface area contributed by atoms with E-state index in [1.54, 1.807) is 0 Å². The van der Waals surface area contributed by atoms with Crippen molar-refractivity contribution in [3.05, 3.63) is 63.8 Å². The molecule has 0 radical (unpaired) electrons. The zero-order chi connectivity index (χ0) is 20.8. The largest absolute Gasteiger partial charge is 0.369 e. The van der Waals surface area contributed by atoms with E-state index in [0.717, 1.165) is 11.3 Å². The summed E-state index contributed by atoms with van der Waals surface area (Å²) in [6, 6.07) is 10.5. The number of nitrogens with zero attached hydrogens (tertiary/aromatic N) is 3. The first kappa shape index (κ1) is 19.4. The molecule has 0 amide bonds. The van der Waals surface area contributed by atoms with Crippen molar-refractivity contribution in [2.24, 2.45) is 0 Å². The van der Waals surface area contributed by atoms with E-state index < -0.39 is 14.9 Å². The number of hydrogen-bond acceptors (Lipinski definition) is 5. The van der Waals surface area contributed by atoms with E-state index in [2.05, 4.69) is 35.0 Å².